The van der Waals surface area contributed by atoms with Crippen LogP contribution in [0.2, 0.25) is 10.0 Å². The second-order valence-corrected chi connectivity index (χ2v) is 4.72. The molecule has 0 aliphatic rings. The number of urea groups is 1. The lowest BCUT2D eigenvalue weighted by Gasteiger charge is -2.10. The smallest absolute Gasteiger partial charge is 0.331 e. The zero-order chi connectivity index (χ0) is 16.0. The largest absolute Gasteiger partial charge is 0.449 e. The number of ether oxygens (including phenoxy) is 1. The van der Waals surface area contributed by atoms with E-state index < -0.39 is 24.0 Å². The summed E-state index contributed by atoms with van der Waals surface area (Å²) in [4.78, 5) is 33.4. The molecule has 0 bridgehead atoms. The Kier molecular flexibility index (Phi) is 6.20. The van der Waals surface area contributed by atoms with Crippen LogP contribution in [0.25, 0.3) is 6.08 Å². The second kappa shape index (κ2) is 7.66. The van der Waals surface area contributed by atoms with Gasteiger partial charge >= 0.3 is 12.0 Å². The number of imide groups is 1. The molecule has 3 amide bonds. The van der Waals surface area contributed by atoms with Crippen LogP contribution >= 0.6 is 23.2 Å². The predicted octanol–water partition coefficient (Wildman–Crippen LogP) is 2.13. The molecule has 0 heterocycles. The highest BCUT2D eigenvalue weighted by Gasteiger charge is 2.17. The number of rotatable bonds is 4. The molecule has 0 spiro atoms. The summed E-state index contributed by atoms with van der Waals surface area (Å²) in [6, 6.07) is 3.86. The van der Waals surface area contributed by atoms with Gasteiger partial charge in [-0.3, -0.25) is 10.1 Å². The van der Waals surface area contributed by atoms with Crippen LogP contribution in [0.5, 0.6) is 0 Å². The Morgan fingerprint density at radius 3 is 2.38 bits per heavy atom. The van der Waals surface area contributed by atoms with E-state index in [9.17, 15) is 14.4 Å². The standard InChI is InChI=1S/C13H12Cl2N2O4/c1-7(12(19)17-13(16)20)21-11(18)6-5-8-9(14)3-2-4-10(8)15/h2-7H,1H3,(H3,16,17,19,20)/b6-5+/t7-/m0/s1. The summed E-state index contributed by atoms with van der Waals surface area (Å²) in [5, 5.41) is 2.53. The quantitative estimate of drug-likeness (QED) is 0.652. The molecule has 1 aromatic carbocycles. The van der Waals surface area contributed by atoms with Gasteiger partial charge < -0.3 is 10.5 Å². The van der Waals surface area contributed by atoms with E-state index in [2.05, 4.69) is 0 Å². The van der Waals surface area contributed by atoms with Crippen molar-refractivity contribution in [1.82, 2.24) is 5.32 Å². The van der Waals surface area contributed by atoms with Crippen molar-refractivity contribution in [2.24, 2.45) is 5.73 Å². The monoisotopic (exact) mass is 330 g/mol. The number of hydrogen-bond acceptors (Lipinski definition) is 4. The van der Waals surface area contributed by atoms with Gasteiger partial charge in [0.15, 0.2) is 6.10 Å². The van der Waals surface area contributed by atoms with Crippen LogP contribution in [0.1, 0.15) is 12.5 Å². The number of amides is 3. The summed E-state index contributed by atoms with van der Waals surface area (Å²) in [7, 11) is 0. The van der Waals surface area contributed by atoms with Gasteiger partial charge in [0.1, 0.15) is 0 Å². The SMILES string of the molecule is C[C@H](OC(=O)/C=C/c1c(Cl)cccc1Cl)C(=O)NC(N)=O. The fourth-order valence-corrected chi connectivity index (χ4v) is 1.83. The molecule has 1 atom stereocenters. The average molecular weight is 331 g/mol. The van der Waals surface area contributed by atoms with Crippen molar-refractivity contribution >= 4 is 47.2 Å². The third-order valence-electron chi connectivity index (χ3n) is 2.29. The molecule has 6 nitrogen and oxygen atoms in total. The summed E-state index contributed by atoms with van der Waals surface area (Å²) in [5.41, 5.74) is 5.23. The van der Waals surface area contributed by atoms with Crippen LogP contribution in [0.4, 0.5) is 4.79 Å². The van der Waals surface area contributed by atoms with Crippen LogP contribution in [-0.4, -0.2) is 24.0 Å². The van der Waals surface area contributed by atoms with Gasteiger partial charge in [-0.1, -0.05) is 29.3 Å². The summed E-state index contributed by atoms with van der Waals surface area (Å²) in [6.07, 6.45) is 1.27. The molecule has 0 aromatic heterocycles. The molecule has 0 saturated carbocycles. The fourth-order valence-electron chi connectivity index (χ4n) is 1.31. The summed E-state index contributed by atoms with van der Waals surface area (Å²) in [5.74, 6) is -1.61. The van der Waals surface area contributed by atoms with Crippen molar-refractivity contribution in [1.29, 1.82) is 0 Å². The Balaban J connectivity index is 2.67. The molecule has 0 radical (unpaired) electrons. The third kappa shape index (κ3) is 5.45. The lowest BCUT2D eigenvalue weighted by Crippen LogP contribution is -2.42. The Labute approximate surface area is 130 Å². The fraction of sp³-hybridized carbons (Fsp3) is 0.154. The van der Waals surface area contributed by atoms with Crippen molar-refractivity contribution in [2.45, 2.75) is 13.0 Å². The predicted molar refractivity (Wildman–Crippen MR) is 78.8 cm³/mol. The minimum atomic E-state index is -1.17. The van der Waals surface area contributed by atoms with Crippen molar-refractivity contribution in [3.05, 3.63) is 39.9 Å². The first-order valence-corrected chi connectivity index (χ1v) is 6.50. The van der Waals surface area contributed by atoms with E-state index in [1.807, 2.05) is 0 Å². The Bertz CT molecular complexity index is 582. The van der Waals surface area contributed by atoms with E-state index in [4.69, 9.17) is 33.7 Å². The third-order valence-corrected chi connectivity index (χ3v) is 2.95. The van der Waals surface area contributed by atoms with E-state index in [1.54, 1.807) is 23.5 Å². The number of nitrogens with two attached hydrogens (primary N) is 1. The summed E-state index contributed by atoms with van der Waals surface area (Å²) >= 11 is 11.8. The molecule has 1 rings (SSSR count). The van der Waals surface area contributed by atoms with E-state index >= 15 is 0 Å². The van der Waals surface area contributed by atoms with Gasteiger partial charge in [0.05, 0.1) is 0 Å². The number of primary amides is 1. The number of nitrogens with one attached hydrogen (secondary N) is 1. The lowest BCUT2D eigenvalue weighted by atomic mass is 10.2. The topological polar surface area (TPSA) is 98.5 Å². The zero-order valence-corrected chi connectivity index (χ0v) is 12.4. The van der Waals surface area contributed by atoms with Crippen LogP contribution in [-0.2, 0) is 14.3 Å². The van der Waals surface area contributed by atoms with Gasteiger partial charge in [0.25, 0.3) is 5.91 Å². The van der Waals surface area contributed by atoms with Crippen molar-refractivity contribution < 1.29 is 19.1 Å². The van der Waals surface area contributed by atoms with Gasteiger partial charge in [0, 0.05) is 21.7 Å². The van der Waals surface area contributed by atoms with E-state index in [-0.39, 0.29) is 0 Å². The Morgan fingerprint density at radius 2 is 1.86 bits per heavy atom. The van der Waals surface area contributed by atoms with Crippen LogP contribution < -0.4 is 11.1 Å². The van der Waals surface area contributed by atoms with Gasteiger partial charge in [-0.25, -0.2) is 9.59 Å². The highest BCUT2D eigenvalue weighted by molar-refractivity contribution is 6.37. The number of hydrogen-bond donors (Lipinski definition) is 2. The molecule has 1 aromatic rings. The highest BCUT2D eigenvalue weighted by Crippen LogP contribution is 2.25. The summed E-state index contributed by atoms with van der Waals surface area (Å²) in [6.45, 7) is 1.30. The van der Waals surface area contributed by atoms with Gasteiger partial charge in [-0.15, -0.1) is 0 Å². The maximum Gasteiger partial charge on any atom is 0.331 e. The molecule has 3 N–H and O–H groups in total. The molecule has 0 unspecified atom stereocenters. The molecule has 112 valence electrons. The van der Waals surface area contributed by atoms with Gasteiger partial charge in [-0.2, -0.15) is 0 Å². The van der Waals surface area contributed by atoms with E-state index in [1.165, 1.54) is 13.0 Å². The first kappa shape index (κ1) is 17.0. The van der Waals surface area contributed by atoms with Crippen LogP contribution in [0.15, 0.2) is 24.3 Å². The number of esters is 1. The highest BCUT2D eigenvalue weighted by atomic mass is 35.5. The van der Waals surface area contributed by atoms with E-state index in [0.29, 0.717) is 15.6 Å². The number of carbonyl (C=O) groups is 3. The van der Waals surface area contributed by atoms with E-state index in [0.717, 1.165) is 6.08 Å². The number of halogens is 2. The molecule has 0 saturated heterocycles. The zero-order valence-electron chi connectivity index (χ0n) is 10.9. The van der Waals surface area contributed by atoms with Gasteiger partial charge in [0.2, 0.25) is 0 Å². The van der Waals surface area contributed by atoms with Crippen molar-refractivity contribution in [2.75, 3.05) is 0 Å². The minimum absolute atomic E-state index is 0.367. The number of carbonyl (C=O) groups excluding carboxylic acids is 3. The molecular weight excluding hydrogens is 319 g/mol. The maximum atomic E-state index is 11.5. The van der Waals surface area contributed by atoms with Crippen LogP contribution in [0, 0.1) is 0 Å². The average Bonchev–Trinajstić information content (AvgIpc) is 2.37. The molecule has 0 aliphatic carbocycles. The minimum Gasteiger partial charge on any atom is -0.449 e. The van der Waals surface area contributed by atoms with Gasteiger partial charge in [-0.05, 0) is 25.1 Å². The number of benzene rings is 1. The molecule has 21 heavy (non-hydrogen) atoms. The van der Waals surface area contributed by atoms with Crippen LogP contribution in [0.3, 0.4) is 0 Å². The second-order valence-electron chi connectivity index (χ2n) is 3.90. The molecular formula is C13H12Cl2N2O4. The normalized spacial score (nSPS) is 12.0. The molecule has 0 fully saturated rings. The molecule has 8 heteroatoms. The maximum absolute atomic E-state index is 11.5. The Hall–Kier alpha value is -2.05. The first-order valence-electron chi connectivity index (χ1n) is 5.74. The molecule has 0 aliphatic heterocycles. The van der Waals surface area contributed by atoms with Crippen molar-refractivity contribution in [3.63, 3.8) is 0 Å². The summed E-state index contributed by atoms with van der Waals surface area (Å²) < 4.78 is 4.78. The first-order chi connectivity index (χ1) is 9.81. The lowest BCUT2D eigenvalue weighted by molar-refractivity contribution is -0.149. The Morgan fingerprint density at radius 1 is 1.29 bits per heavy atom. The van der Waals surface area contributed by atoms with Crippen molar-refractivity contribution in [3.8, 4) is 0 Å².